The van der Waals surface area contributed by atoms with Crippen molar-refractivity contribution in [1.29, 1.82) is 0 Å². The van der Waals surface area contributed by atoms with Gasteiger partial charge >= 0.3 is 0 Å². The average molecular weight is 239 g/mol. The Morgan fingerprint density at radius 1 is 1.25 bits per heavy atom. The van der Waals surface area contributed by atoms with Crippen molar-refractivity contribution in [2.24, 2.45) is 0 Å². The van der Waals surface area contributed by atoms with E-state index in [0.717, 1.165) is 10.2 Å². The van der Waals surface area contributed by atoms with Gasteiger partial charge in [-0.25, -0.2) is 0 Å². The van der Waals surface area contributed by atoms with Crippen LogP contribution in [-0.4, -0.2) is 45.3 Å². The summed E-state index contributed by atoms with van der Waals surface area (Å²) in [5.41, 5.74) is 1.18. The van der Waals surface area contributed by atoms with Crippen molar-refractivity contribution in [3.05, 3.63) is 24.3 Å². The molecule has 0 heterocycles. The van der Waals surface area contributed by atoms with Crippen molar-refractivity contribution in [2.75, 3.05) is 35.2 Å². The van der Waals surface area contributed by atoms with Gasteiger partial charge in [0, 0.05) is 20.2 Å². The molecule has 0 saturated carbocycles. The van der Waals surface area contributed by atoms with Crippen LogP contribution in [0.5, 0.6) is 5.75 Å². The number of rotatable bonds is 2. The fourth-order valence-electron chi connectivity index (χ4n) is 1.16. The lowest BCUT2D eigenvalue weighted by molar-refractivity contribution is 0.444. The molecule has 0 atom stereocenters. The molecule has 0 bridgehead atoms. The van der Waals surface area contributed by atoms with Crippen molar-refractivity contribution in [3.63, 3.8) is 0 Å². The normalized spacial score (nSPS) is 11.1. The first-order chi connectivity index (χ1) is 7.30. The van der Waals surface area contributed by atoms with Crippen LogP contribution in [-0.2, 0) is 0 Å². The van der Waals surface area contributed by atoms with Crippen molar-refractivity contribution < 1.29 is 4.74 Å². The van der Waals surface area contributed by atoms with Gasteiger partial charge in [0.1, 0.15) is 11.4 Å². The lowest BCUT2D eigenvalue weighted by Gasteiger charge is -2.24. The topological polar surface area (TPSA) is 12.5 Å². The van der Waals surface area contributed by atoms with Crippen molar-refractivity contribution in [1.82, 2.24) is 9.38 Å². The van der Waals surface area contributed by atoms with Crippen molar-refractivity contribution in [2.45, 2.75) is 0 Å². The van der Waals surface area contributed by atoms with Gasteiger partial charge in [0.05, 0.1) is 21.1 Å². The van der Waals surface area contributed by atoms with Crippen molar-refractivity contribution >= 4 is 23.1 Å². The van der Waals surface area contributed by atoms with E-state index in [1.165, 1.54) is 5.69 Å². The number of hydrogen-bond acceptors (Lipinski definition) is 2. The van der Waals surface area contributed by atoms with E-state index in [4.69, 9.17) is 17.0 Å². The van der Waals surface area contributed by atoms with Crippen LogP contribution in [0, 0.1) is 0 Å². The van der Waals surface area contributed by atoms with Crippen molar-refractivity contribution in [3.8, 4) is 5.75 Å². The molecule has 0 amide bonds. The number of nitrogens with zero attached hydrogens (tertiary/aromatic N) is 2. The molecule has 0 aromatic heterocycles. The van der Waals surface area contributed by atoms with E-state index in [0.29, 0.717) is 5.17 Å². The summed E-state index contributed by atoms with van der Waals surface area (Å²) in [6.07, 6.45) is 0. The van der Waals surface area contributed by atoms with Gasteiger partial charge in [-0.3, -0.25) is 4.48 Å². The van der Waals surface area contributed by atoms with E-state index in [1.807, 2.05) is 32.3 Å². The highest BCUT2D eigenvalue weighted by molar-refractivity contribution is 7.80. The van der Waals surface area contributed by atoms with Gasteiger partial charge in [-0.2, -0.15) is 0 Å². The van der Waals surface area contributed by atoms with Gasteiger partial charge in [0.25, 0.3) is 5.17 Å². The Bertz CT molecular complexity index is 383. The summed E-state index contributed by atoms with van der Waals surface area (Å²) >= 11 is 5.10. The van der Waals surface area contributed by atoms with Gasteiger partial charge in [-0.05, 0) is 24.4 Å². The second kappa shape index (κ2) is 4.80. The Kier molecular flexibility index (Phi) is 3.88. The minimum atomic E-state index is 0.471. The zero-order valence-electron chi connectivity index (χ0n) is 10.5. The van der Waals surface area contributed by atoms with Crippen LogP contribution in [0.1, 0.15) is 0 Å². The van der Waals surface area contributed by atoms with Gasteiger partial charge in [0.2, 0.25) is 0 Å². The van der Waals surface area contributed by atoms with E-state index >= 15 is 0 Å². The number of ether oxygens (including phenoxy) is 1. The molecule has 1 aromatic carbocycles. The van der Waals surface area contributed by atoms with Crippen LogP contribution >= 0.6 is 12.2 Å². The minimum Gasteiger partial charge on any atom is -0.432 e. The molecule has 0 spiro atoms. The Labute approximate surface area is 103 Å². The predicted octanol–water partition coefficient (Wildman–Crippen LogP) is 2.11. The molecule has 0 saturated heterocycles. The molecule has 4 heteroatoms. The summed E-state index contributed by atoms with van der Waals surface area (Å²) < 4.78 is 6.31. The van der Waals surface area contributed by atoms with Crippen LogP contribution < -0.4 is 9.22 Å². The standard InChI is InChI=1S/C12H19N2OS/c1-13(2)12(16)15-11-8-6-7-10(9-11)14(3,4)5/h6-9H,1-5H3/q+1. The molecular weight excluding hydrogens is 220 g/mol. The Hall–Kier alpha value is -1.13. The first-order valence-corrected chi connectivity index (χ1v) is 5.53. The van der Waals surface area contributed by atoms with Gasteiger partial charge < -0.3 is 9.64 Å². The van der Waals surface area contributed by atoms with Crippen LogP contribution in [0.4, 0.5) is 5.69 Å². The third-order valence-electron chi connectivity index (χ3n) is 2.16. The molecule has 0 unspecified atom stereocenters. The first-order valence-electron chi connectivity index (χ1n) is 5.12. The molecular formula is C12H19N2OS+. The third-order valence-corrected chi connectivity index (χ3v) is 2.61. The third kappa shape index (κ3) is 3.47. The zero-order valence-corrected chi connectivity index (χ0v) is 11.3. The Morgan fingerprint density at radius 3 is 2.38 bits per heavy atom. The highest BCUT2D eigenvalue weighted by Gasteiger charge is 2.13. The summed E-state index contributed by atoms with van der Waals surface area (Å²) in [7, 11) is 10.1. The lowest BCUT2D eigenvalue weighted by atomic mass is 10.2. The molecule has 1 rings (SSSR count). The average Bonchev–Trinajstić information content (AvgIpc) is 2.16. The highest BCUT2D eigenvalue weighted by atomic mass is 32.1. The second-order valence-corrected chi connectivity index (χ2v) is 5.12. The number of quaternary nitrogens is 1. The molecule has 16 heavy (non-hydrogen) atoms. The molecule has 0 radical (unpaired) electrons. The highest BCUT2D eigenvalue weighted by Crippen LogP contribution is 2.23. The summed E-state index contributed by atoms with van der Waals surface area (Å²) in [6, 6.07) is 7.97. The smallest absolute Gasteiger partial charge is 0.264 e. The first kappa shape index (κ1) is 12.9. The summed E-state index contributed by atoms with van der Waals surface area (Å²) in [5.74, 6) is 0.782. The fourth-order valence-corrected chi connectivity index (χ4v) is 1.25. The summed E-state index contributed by atoms with van der Waals surface area (Å²) in [4.78, 5) is 1.77. The van der Waals surface area contributed by atoms with Crippen LogP contribution in [0.25, 0.3) is 0 Å². The number of benzene rings is 1. The predicted molar refractivity (Wildman–Crippen MR) is 72.9 cm³/mol. The van der Waals surface area contributed by atoms with Gasteiger partial charge in [0.15, 0.2) is 0 Å². The summed E-state index contributed by atoms with van der Waals surface area (Å²) in [5, 5.41) is 0.471. The minimum absolute atomic E-state index is 0.471. The van der Waals surface area contributed by atoms with Gasteiger partial charge in [-0.15, -0.1) is 0 Å². The van der Waals surface area contributed by atoms with E-state index < -0.39 is 0 Å². The van der Waals surface area contributed by atoms with E-state index in [1.54, 1.807) is 4.90 Å². The molecule has 0 fully saturated rings. The lowest BCUT2D eigenvalue weighted by Crippen LogP contribution is -2.34. The van der Waals surface area contributed by atoms with E-state index in [-0.39, 0.29) is 0 Å². The number of thiocarbonyl (C=S) groups is 1. The van der Waals surface area contributed by atoms with Gasteiger partial charge in [-0.1, -0.05) is 6.07 Å². The second-order valence-electron chi connectivity index (χ2n) is 4.77. The van der Waals surface area contributed by atoms with Crippen LogP contribution in [0.3, 0.4) is 0 Å². The molecule has 1 aromatic rings. The van der Waals surface area contributed by atoms with E-state index in [2.05, 4.69) is 27.2 Å². The number of hydrogen-bond donors (Lipinski definition) is 0. The fraction of sp³-hybridized carbons (Fsp3) is 0.417. The zero-order chi connectivity index (χ0) is 12.3. The maximum absolute atomic E-state index is 5.56. The molecule has 0 aliphatic rings. The quantitative estimate of drug-likeness (QED) is 0.579. The molecule has 0 aliphatic heterocycles. The largest absolute Gasteiger partial charge is 0.432 e. The maximum atomic E-state index is 5.56. The summed E-state index contributed by atoms with van der Waals surface area (Å²) in [6.45, 7) is 0. The monoisotopic (exact) mass is 239 g/mol. The molecule has 0 N–H and O–H groups in total. The Morgan fingerprint density at radius 2 is 1.88 bits per heavy atom. The SMILES string of the molecule is CN(C)C(=S)Oc1cccc([N+](C)(C)C)c1. The molecule has 88 valence electrons. The molecule has 3 nitrogen and oxygen atoms in total. The van der Waals surface area contributed by atoms with Crippen LogP contribution in [0.2, 0.25) is 0 Å². The Balaban J connectivity index is 2.88. The maximum Gasteiger partial charge on any atom is 0.264 e. The van der Waals surface area contributed by atoms with E-state index in [9.17, 15) is 0 Å². The molecule has 0 aliphatic carbocycles. The van der Waals surface area contributed by atoms with Crippen LogP contribution in [0.15, 0.2) is 24.3 Å².